The van der Waals surface area contributed by atoms with Crippen molar-refractivity contribution in [3.63, 3.8) is 0 Å². The smallest absolute Gasteiger partial charge is 0.371 e. The van der Waals surface area contributed by atoms with Crippen molar-refractivity contribution in [3.05, 3.63) is 65.7 Å². The second-order valence-electron chi connectivity index (χ2n) is 7.02. The van der Waals surface area contributed by atoms with Crippen molar-refractivity contribution in [2.75, 3.05) is 18.4 Å². The van der Waals surface area contributed by atoms with Crippen molar-refractivity contribution >= 4 is 21.7 Å². The normalized spacial score (nSPS) is 20.3. The van der Waals surface area contributed by atoms with Gasteiger partial charge < -0.3 is 5.32 Å². The lowest BCUT2D eigenvalue weighted by atomic mass is 9.86. The molecule has 0 spiro atoms. The number of nitrogens with two attached hydrogens (primary N) is 1. The molecule has 30 heavy (non-hydrogen) atoms. The van der Waals surface area contributed by atoms with Crippen LogP contribution in [0.1, 0.15) is 17.3 Å². The number of halogens is 4. The number of fused-ring (bicyclic) bond motifs is 1. The number of alkyl halides is 3. The van der Waals surface area contributed by atoms with E-state index >= 15 is 0 Å². The maximum Gasteiger partial charge on any atom is 0.434 e. The second-order valence-corrected chi connectivity index (χ2v) is 8.51. The SMILES string of the molecule is NS(=O)(=O)N1CC(CNc2cccc3nc(C(F)(F)F)cn23)C1c1ccc(F)cc1. The lowest BCUT2D eigenvalue weighted by molar-refractivity contribution is -0.140. The van der Waals surface area contributed by atoms with Gasteiger partial charge in [0, 0.05) is 25.2 Å². The third kappa shape index (κ3) is 3.85. The third-order valence-corrected chi connectivity index (χ3v) is 6.07. The van der Waals surface area contributed by atoms with Crippen molar-refractivity contribution in [2.24, 2.45) is 11.1 Å². The van der Waals surface area contributed by atoms with E-state index < -0.39 is 33.9 Å². The fourth-order valence-corrected chi connectivity index (χ4v) is 4.62. The van der Waals surface area contributed by atoms with Gasteiger partial charge in [0.1, 0.15) is 17.3 Å². The van der Waals surface area contributed by atoms with E-state index in [-0.39, 0.29) is 24.7 Å². The minimum Gasteiger partial charge on any atom is -0.371 e. The molecule has 3 aromatic rings. The number of aromatic nitrogens is 2. The van der Waals surface area contributed by atoms with E-state index in [1.54, 1.807) is 12.1 Å². The number of rotatable bonds is 5. The van der Waals surface area contributed by atoms with Gasteiger partial charge >= 0.3 is 6.18 Å². The molecule has 7 nitrogen and oxygen atoms in total. The summed E-state index contributed by atoms with van der Waals surface area (Å²) < 4.78 is 78.2. The molecule has 0 bridgehead atoms. The Hall–Kier alpha value is -2.70. The van der Waals surface area contributed by atoms with Gasteiger partial charge in [-0.05, 0) is 29.8 Å². The first-order valence-electron chi connectivity index (χ1n) is 8.88. The maximum absolute atomic E-state index is 13.2. The highest BCUT2D eigenvalue weighted by atomic mass is 32.2. The summed E-state index contributed by atoms with van der Waals surface area (Å²) in [5.41, 5.74) is -0.309. The Morgan fingerprint density at radius 2 is 1.87 bits per heavy atom. The van der Waals surface area contributed by atoms with Gasteiger partial charge in [-0.15, -0.1) is 0 Å². The Labute approximate surface area is 169 Å². The minimum atomic E-state index is -4.57. The molecule has 160 valence electrons. The molecule has 1 aromatic carbocycles. The van der Waals surface area contributed by atoms with Crippen LogP contribution >= 0.6 is 0 Å². The number of hydrogen-bond acceptors (Lipinski definition) is 4. The molecule has 4 rings (SSSR count). The lowest BCUT2D eigenvalue weighted by Crippen LogP contribution is -2.56. The zero-order chi connectivity index (χ0) is 21.7. The highest BCUT2D eigenvalue weighted by Crippen LogP contribution is 2.40. The molecule has 3 heterocycles. The van der Waals surface area contributed by atoms with Crippen LogP contribution in [0.5, 0.6) is 0 Å². The summed E-state index contributed by atoms with van der Waals surface area (Å²) in [6.45, 7) is 0.383. The molecule has 2 atom stereocenters. The molecule has 0 radical (unpaired) electrons. The number of nitrogens with one attached hydrogen (secondary N) is 1. The Morgan fingerprint density at radius 3 is 2.50 bits per heavy atom. The molecule has 12 heteroatoms. The largest absolute Gasteiger partial charge is 0.434 e. The van der Waals surface area contributed by atoms with E-state index in [1.807, 2.05) is 0 Å². The van der Waals surface area contributed by atoms with Crippen LogP contribution in [0.25, 0.3) is 5.65 Å². The van der Waals surface area contributed by atoms with Gasteiger partial charge in [0.05, 0.1) is 6.04 Å². The molecule has 0 amide bonds. The first-order chi connectivity index (χ1) is 14.0. The van der Waals surface area contributed by atoms with E-state index in [4.69, 9.17) is 5.14 Å². The van der Waals surface area contributed by atoms with Gasteiger partial charge in [-0.2, -0.15) is 25.9 Å². The topological polar surface area (TPSA) is 92.7 Å². The zero-order valence-electron chi connectivity index (χ0n) is 15.3. The van der Waals surface area contributed by atoms with Crippen molar-refractivity contribution in [1.29, 1.82) is 0 Å². The average Bonchev–Trinajstić information content (AvgIpc) is 3.07. The number of hydrogen-bond donors (Lipinski definition) is 2. The molecule has 1 aliphatic heterocycles. The maximum atomic E-state index is 13.2. The van der Waals surface area contributed by atoms with E-state index in [9.17, 15) is 26.0 Å². The highest BCUT2D eigenvalue weighted by molar-refractivity contribution is 7.86. The van der Waals surface area contributed by atoms with Crippen molar-refractivity contribution < 1.29 is 26.0 Å². The fraction of sp³-hybridized carbons (Fsp3) is 0.278. The van der Waals surface area contributed by atoms with Gasteiger partial charge in [0.2, 0.25) is 0 Å². The van der Waals surface area contributed by atoms with Crippen molar-refractivity contribution in [1.82, 2.24) is 13.7 Å². The molecular weight excluding hydrogens is 426 g/mol. The number of nitrogens with zero attached hydrogens (tertiary/aromatic N) is 3. The summed E-state index contributed by atoms with van der Waals surface area (Å²) in [6, 6.07) is 9.42. The molecular formula is C18H17F4N5O2S. The molecule has 0 aliphatic carbocycles. The first kappa shape index (κ1) is 20.6. The van der Waals surface area contributed by atoms with E-state index in [2.05, 4.69) is 10.3 Å². The second kappa shape index (κ2) is 7.22. The standard InChI is InChI=1S/C18H17F4N5O2S/c19-13-6-4-11(5-7-13)17-12(9-27(17)30(23,28)29)8-24-15-2-1-3-16-25-14(10-26(15)16)18(20,21)22/h1-7,10,12,17,24H,8-9H2,(H2,23,28,29). The summed E-state index contributed by atoms with van der Waals surface area (Å²) in [4.78, 5) is 3.58. The average molecular weight is 443 g/mol. The van der Waals surface area contributed by atoms with E-state index in [0.717, 1.165) is 10.5 Å². The van der Waals surface area contributed by atoms with Gasteiger partial charge in [0.25, 0.3) is 10.2 Å². The van der Waals surface area contributed by atoms with Crippen LogP contribution in [0.3, 0.4) is 0 Å². The van der Waals surface area contributed by atoms with Crippen LogP contribution in [0.2, 0.25) is 0 Å². The molecule has 0 saturated carbocycles. The number of benzene rings is 1. The van der Waals surface area contributed by atoms with Gasteiger partial charge in [-0.1, -0.05) is 18.2 Å². The van der Waals surface area contributed by atoms with E-state index in [1.165, 1.54) is 34.7 Å². The van der Waals surface area contributed by atoms with E-state index in [0.29, 0.717) is 11.4 Å². The van der Waals surface area contributed by atoms with Crippen LogP contribution in [0.15, 0.2) is 48.7 Å². The Kier molecular flexibility index (Phi) is 4.95. The van der Waals surface area contributed by atoms with Gasteiger partial charge in [-0.3, -0.25) is 4.40 Å². The van der Waals surface area contributed by atoms with Crippen LogP contribution in [0, 0.1) is 11.7 Å². The van der Waals surface area contributed by atoms with Crippen molar-refractivity contribution in [3.8, 4) is 0 Å². The molecule has 1 aliphatic rings. The summed E-state index contributed by atoms with van der Waals surface area (Å²) in [7, 11) is -3.97. The monoisotopic (exact) mass is 443 g/mol. The molecule has 2 unspecified atom stereocenters. The summed E-state index contributed by atoms with van der Waals surface area (Å²) >= 11 is 0. The number of imidazole rings is 1. The molecule has 3 N–H and O–H groups in total. The Bertz CT molecular complexity index is 1180. The quantitative estimate of drug-likeness (QED) is 0.593. The third-order valence-electron chi connectivity index (χ3n) is 5.04. The Balaban J connectivity index is 1.57. The van der Waals surface area contributed by atoms with Gasteiger partial charge in [-0.25, -0.2) is 14.5 Å². The molecule has 2 aromatic heterocycles. The number of pyridine rings is 1. The molecule has 1 fully saturated rings. The fourth-order valence-electron chi connectivity index (χ4n) is 3.61. The summed E-state index contributed by atoms with van der Waals surface area (Å²) in [5.74, 6) is -0.306. The molecule has 1 saturated heterocycles. The predicted molar refractivity (Wildman–Crippen MR) is 101 cm³/mol. The van der Waals surface area contributed by atoms with Crippen LogP contribution in [-0.2, 0) is 16.4 Å². The van der Waals surface area contributed by atoms with Gasteiger partial charge in [0.15, 0.2) is 5.69 Å². The Morgan fingerprint density at radius 1 is 1.17 bits per heavy atom. The van der Waals surface area contributed by atoms with Crippen LogP contribution < -0.4 is 10.5 Å². The van der Waals surface area contributed by atoms with Crippen molar-refractivity contribution in [2.45, 2.75) is 12.2 Å². The predicted octanol–water partition coefficient (Wildman–Crippen LogP) is 2.78. The zero-order valence-corrected chi connectivity index (χ0v) is 16.2. The summed E-state index contributed by atoms with van der Waals surface area (Å²) in [5, 5.41) is 8.33. The number of anilines is 1. The lowest BCUT2D eigenvalue weighted by Gasteiger charge is -2.46. The minimum absolute atomic E-state index is 0.127. The summed E-state index contributed by atoms with van der Waals surface area (Å²) in [6.07, 6.45) is -3.67. The van der Waals surface area contributed by atoms with Crippen LogP contribution in [-0.4, -0.2) is 35.2 Å². The highest BCUT2D eigenvalue weighted by Gasteiger charge is 2.45. The van der Waals surface area contributed by atoms with Crippen LogP contribution in [0.4, 0.5) is 23.4 Å². The first-order valence-corrected chi connectivity index (χ1v) is 10.4.